The fraction of sp³-hybridized carbons (Fsp3) is 0.739. The Morgan fingerprint density at radius 3 is 2.30 bits per heavy atom. The van der Waals surface area contributed by atoms with E-state index in [-0.39, 0.29) is 11.7 Å². The van der Waals surface area contributed by atoms with E-state index in [4.69, 9.17) is 9.47 Å². The number of benzene rings is 1. The molecule has 2 rings (SSSR count). The molecule has 0 saturated carbocycles. The number of quaternary nitrogens is 2. The van der Waals surface area contributed by atoms with Crippen LogP contribution >= 0.6 is 0 Å². The van der Waals surface area contributed by atoms with Crippen molar-refractivity contribution in [1.29, 1.82) is 0 Å². The van der Waals surface area contributed by atoms with Gasteiger partial charge in [-0.15, -0.1) is 0 Å². The first-order chi connectivity index (χ1) is 12.6. The van der Waals surface area contributed by atoms with Crippen molar-refractivity contribution >= 4 is 0 Å². The second-order valence-corrected chi connectivity index (χ2v) is 9.69. The number of hydrogen-bond donors (Lipinski definition) is 2. The molecule has 1 saturated heterocycles. The van der Waals surface area contributed by atoms with Gasteiger partial charge >= 0.3 is 0 Å². The fourth-order valence-electron chi connectivity index (χ4n) is 4.79. The van der Waals surface area contributed by atoms with Crippen LogP contribution in [0.4, 0.5) is 0 Å². The first-order valence-electron chi connectivity index (χ1n) is 10.7. The molecule has 4 heteroatoms. The molecular weight excluding hydrogens is 336 g/mol. The lowest BCUT2D eigenvalue weighted by Crippen LogP contribution is -3.14. The van der Waals surface area contributed by atoms with E-state index in [9.17, 15) is 0 Å². The molecule has 154 valence electrons. The molecule has 2 atom stereocenters. The lowest BCUT2D eigenvalue weighted by molar-refractivity contribution is -0.929. The van der Waals surface area contributed by atoms with Crippen LogP contribution < -0.4 is 14.5 Å². The van der Waals surface area contributed by atoms with Crippen LogP contribution in [0.3, 0.4) is 0 Å². The normalized spacial score (nSPS) is 23.6. The molecule has 0 spiro atoms. The molecule has 2 N–H and O–H groups in total. The SMILES string of the molecule is CC[NH+](Cc1ccc(OC(C)C)cc1)C[C@]1(C[NH+](C)C)CCOC(C)(C)C1. The molecule has 0 bridgehead atoms. The van der Waals surface area contributed by atoms with Crippen molar-refractivity contribution in [2.45, 2.75) is 65.7 Å². The molecule has 4 nitrogen and oxygen atoms in total. The molecule has 0 aliphatic carbocycles. The smallest absolute Gasteiger partial charge is 0.119 e. The third-order valence-corrected chi connectivity index (χ3v) is 5.53. The van der Waals surface area contributed by atoms with E-state index < -0.39 is 0 Å². The summed E-state index contributed by atoms with van der Waals surface area (Å²) in [4.78, 5) is 3.20. The van der Waals surface area contributed by atoms with Gasteiger partial charge in [0.15, 0.2) is 0 Å². The molecule has 1 unspecified atom stereocenters. The van der Waals surface area contributed by atoms with Gasteiger partial charge in [0.1, 0.15) is 12.3 Å². The van der Waals surface area contributed by atoms with Gasteiger partial charge in [0, 0.05) is 12.2 Å². The first kappa shape index (κ1) is 22.2. The predicted octanol–water partition coefficient (Wildman–Crippen LogP) is 1.60. The van der Waals surface area contributed by atoms with Crippen LogP contribution in [0, 0.1) is 5.41 Å². The van der Waals surface area contributed by atoms with Crippen LogP contribution in [-0.4, -0.2) is 52.0 Å². The summed E-state index contributed by atoms with van der Waals surface area (Å²) in [5, 5.41) is 0. The first-order valence-corrected chi connectivity index (χ1v) is 10.7. The van der Waals surface area contributed by atoms with Gasteiger partial charge in [-0.2, -0.15) is 0 Å². The van der Waals surface area contributed by atoms with Gasteiger partial charge in [-0.1, -0.05) is 0 Å². The second kappa shape index (κ2) is 9.40. The van der Waals surface area contributed by atoms with Crippen molar-refractivity contribution in [2.75, 3.05) is 40.3 Å². The number of hydrogen-bond acceptors (Lipinski definition) is 2. The highest BCUT2D eigenvalue weighted by Crippen LogP contribution is 2.37. The van der Waals surface area contributed by atoms with Crippen LogP contribution in [0.15, 0.2) is 24.3 Å². The second-order valence-electron chi connectivity index (χ2n) is 9.69. The third-order valence-electron chi connectivity index (χ3n) is 5.53. The van der Waals surface area contributed by atoms with E-state index in [0.29, 0.717) is 5.41 Å². The molecule has 0 aromatic heterocycles. The van der Waals surface area contributed by atoms with Crippen LogP contribution in [0.25, 0.3) is 0 Å². The van der Waals surface area contributed by atoms with E-state index in [1.165, 1.54) is 25.1 Å². The summed E-state index contributed by atoms with van der Waals surface area (Å²) in [6.07, 6.45) is 2.54. The maximum absolute atomic E-state index is 6.05. The quantitative estimate of drug-likeness (QED) is 0.683. The van der Waals surface area contributed by atoms with Gasteiger partial charge in [-0.25, -0.2) is 0 Å². The summed E-state index contributed by atoms with van der Waals surface area (Å²) in [6, 6.07) is 8.68. The summed E-state index contributed by atoms with van der Waals surface area (Å²) in [5.41, 5.74) is 1.73. The monoisotopic (exact) mass is 378 g/mol. The highest BCUT2D eigenvalue weighted by atomic mass is 16.5. The fourth-order valence-corrected chi connectivity index (χ4v) is 4.79. The Balaban J connectivity index is 2.08. The zero-order valence-electron chi connectivity index (χ0n) is 18.7. The Labute approximate surface area is 166 Å². The largest absolute Gasteiger partial charge is 0.491 e. The Morgan fingerprint density at radius 2 is 1.78 bits per heavy atom. The Kier molecular flexibility index (Phi) is 7.73. The van der Waals surface area contributed by atoms with Crippen LogP contribution in [-0.2, 0) is 11.3 Å². The van der Waals surface area contributed by atoms with E-state index in [1.54, 1.807) is 9.80 Å². The van der Waals surface area contributed by atoms with Crippen molar-refractivity contribution in [3.63, 3.8) is 0 Å². The van der Waals surface area contributed by atoms with Crippen LogP contribution in [0.5, 0.6) is 5.75 Å². The van der Waals surface area contributed by atoms with Crippen molar-refractivity contribution < 1.29 is 19.3 Å². The van der Waals surface area contributed by atoms with E-state index >= 15 is 0 Å². The Hall–Kier alpha value is -1.10. The topological polar surface area (TPSA) is 27.3 Å². The number of ether oxygens (including phenoxy) is 2. The van der Waals surface area contributed by atoms with Crippen LogP contribution in [0.1, 0.15) is 53.0 Å². The van der Waals surface area contributed by atoms with Crippen molar-refractivity contribution in [3.05, 3.63) is 29.8 Å². The highest BCUT2D eigenvalue weighted by Gasteiger charge is 2.45. The molecule has 1 fully saturated rings. The van der Waals surface area contributed by atoms with Crippen molar-refractivity contribution in [1.82, 2.24) is 0 Å². The molecule has 0 amide bonds. The summed E-state index contributed by atoms with van der Waals surface area (Å²) in [7, 11) is 4.56. The average molecular weight is 379 g/mol. The van der Waals surface area contributed by atoms with Gasteiger partial charge in [-0.3, -0.25) is 0 Å². The molecule has 1 aromatic carbocycles. The van der Waals surface area contributed by atoms with E-state index in [1.807, 2.05) is 0 Å². The van der Waals surface area contributed by atoms with Gasteiger partial charge in [0.2, 0.25) is 0 Å². The van der Waals surface area contributed by atoms with Crippen molar-refractivity contribution in [2.24, 2.45) is 5.41 Å². The molecular formula is C23H42N2O2+2. The Bertz CT molecular complexity index is 568. The molecule has 1 aliphatic heterocycles. The maximum atomic E-state index is 6.05. The van der Waals surface area contributed by atoms with E-state index in [0.717, 1.165) is 31.9 Å². The summed E-state index contributed by atoms with van der Waals surface area (Å²) in [5.74, 6) is 0.964. The Morgan fingerprint density at radius 1 is 1.11 bits per heavy atom. The van der Waals surface area contributed by atoms with Crippen molar-refractivity contribution in [3.8, 4) is 5.75 Å². The zero-order valence-corrected chi connectivity index (χ0v) is 18.7. The van der Waals surface area contributed by atoms with Gasteiger partial charge in [0.25, 0.3) is 0 Å². The number of nitrogens with one attached hydrogen (secondary N) is 2. The molecule has 27 heavy (non-hydrogen) atoms. The molecule has 1 aromatic rings. The highest BCUT2D eigenvalue weighted by molar-refractivity contribution is 5.26. The lowest BCUT2D eigenvalue weighted by Gasteiger charge is -2.45. The summed E-state index contributed by atoms with van der Waals surface area (Å²) in [6.45, 7) is 16.5. The zero-order chi connectivity index (χ0) is 20.1. The lowest BCUT2D eigenvalue weighted by atomic mass is 9.73. The minimum Gasteiger partial charge on any atom is -0.491 e. The molecule has 1 heterocycles. The average Bonchev–Trinajstić information content (AvgIpc) is 2.53. The van der Waals surface area contributed by atoms with Gasteiger partial charge < -0.3 is 19.3 Å². The summed E-state index contributed by atoms with van der Waals surface area (Å²) < 4.78 is 11.8. The molecule has 0 radical (unpaired) electrons. The van der Waals surface area contributed by atoms with Gasteiger partial charge in [-0.05, 0) is 71.7 Å². The van der Waals surface area contributed by atoms with E-state index in [2.05, 4.69) is 73.0 Å². The summed E-state index contributed by atoms with van der Waals surface area (Å²) >= 11 is 0. The number of rotatable bonds is 9. The predicted molar refractivity (Wildman–Crippen MR) is 112 cm³/mol. The minimum atomic E-state index is -0.0115. The maximum Gasteiger partial charge on any atom is 0.119 e. The minimum absolute atomic E-state index is 0.0115. The standard InChI is InChI=1S/C23H40N2O2/c1-8-25(15-20-9-11-21(12-10-20)27-19(2)3)18-23(17-24(6)7)13-14-26-22(4,5)16-23/h9-12,19H,8,13-18H2,1-7H3/p+2/t23-/m1/s1. The molecule has 1 aliphatic rings. The van der Waals surface area contributed by atoms with Crippen LogP contribution in [0.2, 0.25) is 0 Å². The third kappa shape index (κ3) is 7.10. The van der Waals surface area contributed by atoms with Gasteiger partial charge in [0.05, 0.1) is 50.8 Å².